The molecule has 1 amide bonds. The van der Waals surface area contributed by atoms with Crippen LogP contribution in [0.2, 0.25) is 0 Å². The molecular formula is C15H22N2O3S. The van der Waals surface area contributed by atoms with Crippen LogP contribution in [0, 0.1) is 5.92 Å². The Bertz CT molecular complexity index is 489. The number of carbonyl (C=O) groups is 2. The van der Waals surface area contributed by atoms with Crippen molar-refractivity contribution in [3.8, 4) is 0 Å². The van der Waals surface area contributed by atoms with Crippen molar-refractivity contribution >= 4 is 23.2 Å². The van der Waals surface area contributed by atoms with Gasteiger partial charge in [0.2, 0.25) is 5.91 Å². The lowest BCUT2D eigenvalue weighted by molar-refractivity contribution is -0.147. The number of rotatable bonds is 5. The molecule has 2 unspecified atom stereocenters. The quantitative estimate of drug-likeness (QED) is 0.902. The Balaban J connectivity index is 1.92. The molecule has 116 valence electrons. The van der Waals surface area contributed by atoms with E-state index in [0.29, 0.717) is 25.4 Å². The molecule has 1 saturated heterocycles. The summed E-state index contributed by atoms with van der Waals surface area (Å²) in [5.74, 6) is -0.446. The van der Waals surface area contributed by atoms with Crippen molar-refractivity contribution in [3.05, 3.63) is 22.4 Å². The van der Waals surface area contributed by atoms with Gasteiger partial charge in [-0.1, -0.05) is 6.92 Å². The highest BCUT2D eigenvalue weighted by molar-refractivity contribution is 7.07. The maximum Gasteiger partial charge on any atom is 0.320 e. The van der Waals surface area contributed by atoms with E-state index in [9.17, 15) is 14.7 Å². The van der Waals surface area contributed by atoms with E-state index in [-0.39, 0.29) is 12.5 Å². The van der Waals surface area contributed by atoms with E-state index in [0.717, 1.165) is 12.0 Å². The number of likely N-dealkylation sites (N-methyl/N-ethyl adjacent to an activating group) is 1. The van der Waals surface area contributed by atoms with Gasteiger partial charge in [0.05, 0.1) is 6.54 Å². The number of nitrogens with zero attached hydrogens (tertiary/aromatic N) is 2. The maximum atomic E-state index is 12.3. The number of carboxylic acid groups (broad SMARTS) is 1. The van der Waals surface area contributed by atoms with Crippen LogP contribution in [-0.2, 0) is 16.1 Å². The van der Waals surface area contributed by atoms with Crippen LogP contribution in [0.5, 0.6) is 0 Å². The summed E-state index contributed by atoms with van der Waals surface area (Å²) < 4.78 is 0. The lowest BCUT2D eigenvalue weighted by Gasteiger charge is -2.36. The van der Waals surface area contributed by atoms with Gasteiger partial charge >= 0.3 is 5.97 Å². The van der Waals surface area contributed by atoms with Crippen LogP contribution in [0.1, 0.15) is 25.3 Å². The molecule has 1 aromatic rings. The number of amides is 1. The molecule has 1 aliphatic rings. The van der Waals surface area contributed by atoms with Gasteiger partial charge in [-0.15, -0.1) is 0 Å². The Hall–Kier alpha value is -1.40. The summed E-state index contributed by atoms with van der Waals surface area (Å²) in [5.41, 5.74) is 1.11. The van der Waals surface area contributed by atoms with E-state index in [1.165, 1.54) is 0 Å². The molecule has 1 aliphatic heterocycles. The second-order valence-corrected chi connectivity index (χ2v) is 6.62. The lowest BCUT2D eigenvalue weighted by atomic mass is 9.92. The van der Waals surface area contributed by atoms with Crippen molar-refractivity contribution < 1.29 is 14.7 Å². The highest BCUT2D eigenvalue weighted by Gasteiger charge is 2.33. The van der Waals surface area contributed by atoms with Crippen LogP contribution >= 0.6 is 11.3 Å². The monoisotopic (exact) mass is 310 g/mol. The molecule has 0 spiro atoms. The number of thiophene rings is 1. The maximum absolute atomic E-state index is 12.3. The fraction of sp³-hybridized carbons (Fsp3) is 0.600. The molecule has 0 aromatic carbocycles. The molecule has 1 N–H and O–H groups in total. The van der Waals surface area contributed by atoms with Crippen molar-refractivity contribution in [1.82, 2.24) is 9.80 Å². The normalized spacial score (nSPS) is 23.0. The third-order valence-corrected chi connectivity index (χ3v) is 4.76. The first kappa shape index (κ1) is 16.0. The van der Waals surface area contributed by atoms with Crippen LogP contribution in [-0.4, -0.2) is 53.0 Å². The topological polar surface area (TPSA) is 60.9 Å². The summed E-state index contributed by atoms with van der Waals surface area (Å²) in [4.78, 5) is 27.1. The van der Waals surface area contributed by atoms with E-state index < -0.39 is 12.0 Å². The number of hydrogen-bond acceptors (Lipinski definition) is 4. The number of hydrogen-bond donors (Lipinski definition) is 1. The molecule has 21 heavy (non-hydrogen) atoms. The first-order valence-corrected chi connectivity index (χ1v) is 8.13. The molecule has 0 bridgehead atoms. The van der Waals surface area contributed by atoms with Crippen LogP contribution in [0.15, 0.2) is 16.8 Å². The van der Waals surface area contributed by atoms with E-state index in [4.69, 9.17) is 0 Å². The van der Waals surface area contributed by atoms with Crippen LogP contribution < -0.4 is 0 Å². The summed E-state index contributed by atoms with van der Waals surface area (Å²) in [7, 11) is 1.77. The van der Waals surface area contributed by atoms with Crippen LogP contribution in [0.3, 0.4) is 0 Å². The van der Waals surface area contributed by atoms with E-state index >= 15 is 0 Å². The number of aliphatic carboxylic acids is 1. The zero-order valence-corrected chi connectivity index (χ0v) is 13.3. The summed E-state index contributed by atoms with van der Waals surface area (Å²) in [6.45, 7) is 3.50. The number of carbonyl (C=O) groups excluding carboxylic acids is 1. The second kappa shape index (κ2) is 7.04. The Kier molecular flexibility index (Phi) is 5.36. The molecule has 2 rings (SSSR count). The summed E-state index contributed by atoms with van der Waals surface area (Å²) in [5, 5.41) is 13.3. The Morgan fingerprint density at radius 2 is 2.29 bits per heavy atom. The zero-order chi connectivity index (χ0) is 15.4. The van der Waals surface area contributed by atoms with Gasteiger partial charge in [-0.3, -0.25) is 14.5 Å². The van der Waals surface area contributed by atoms with E-state index in [1.807, 2.05) is 16.8 Å². The Morgan fingerprint density at radius 1 is 1.52 bits per heavy atom. The van der Waals surface area contributed by atoms with Gasteiger partial charge in [-0.05, 0) is 47.7 Å². The fourth-order valence-electron chi connectivity index (χ4n) is 2.68. The molecule has 1 aromatic heterocycles. The molecule has 5 nitrogen and oxygen atoms in total. The van der Waals surface area contributed by atoms with Crippen LogP contribution in [0.25, 0.3) is 0 Å². The molecule has 6 heteroatoms. The van der Waals surface area contributed by atoms with Gasteiger partial charge in [0.25, 0.3) is 0 Å². The lowest BCUT2D eigenvalue weighted by Crippen LogP contribution is -2.50. The first-order chi connectivity index (χ1) is 9.97. The zero-order valence-electron chi connectivity index (χ0n) is 12.5. The average molecular weight is 310 g/mol. The van der Waals surface area contributed by atoms with Gasteiger partial charge in [-0.25, -0.2) is 0 Å². The van der Waals surface area contributed by atoms with Gasteiger partial charge in [0.1, 0.15) is 6.04 Å². The minimum Gasteiger partial charge on any atom is -0.480 e. The SMILES string of the molecule is CC1CCN(CC(=O)N(C)Cc2ccsc2)C(C(=O)O)C1. The van der Waals surface area contributed by atoms with Crippen molar-refractivity contribution in [2.75, 3.05) is 20.1 Å². The molecule has 1 fully saturated rings. The van der Waals surface area contributed by atoms with Gasteiger partial charge in [0, 0.05) is 13.6 Å². The summed E-state index contributed by atoms with van der Waals surface area (Å²) in [6, 6.07) is 1.46. The molecule has 2 atom stereocenters. The van der Waals surface area contributed by atoms with E-state index in [2.05, 4.69) is 6.92 Å². The third-order valence-electron chi connectivity index (χ3n) is 4.02. The molecule has 0 aliphatic carbocycles. The predicted octanol–water partition coefficient (Wildman–Crippen LogP) is 1.89. The van der Waals surface area contributed by atoms with Gasteiger partial charge in [-0.2, -0.15) is 11.3 Å². The van der Waals surface area contributed by atoms with Crippen molar-refractivity contribution in [3.63, 3.8) is 0 Å². The second-order valence-electron chi connectivity index (χ2n) is 5.84. The predicted molar refractivity (Wildman–Crippen MR) is 82.2 cm³/mol. The number of carboxylic acids is 1. The third kappa shape index (κ3) is 4.28. The van der Waals surface area contributed by atoms with Gasteiger partial charge in [0.15, 0.2) is 0 Å². The number of piperidine rings is 1. The van der Waals surface area contributed by atoms with Crippen molar-refractivity contribution in [1.29, 1.82) is 0 Å². The molecule has 2 heterocycles. The average Bonchev–Trinajstić information content (AvgIpc) is 2.93. The Morgan fingerprint density at radius 3 is 2.90 bits per heavy atom. The largest absolute Gasteiger partial charge is 0.480 e. The molecule has 0 saturated carbocycles. The number of likely N-dealkylation sites (tertiary alicyclic amines) is 1. The standard InChI is InChI=1S/C15H22N2O3S/c1-11-3-5-17(13(7-11)15(19)20)9-14(18)16(2)8-12-4-6-21-10-12/h4,6,10-11,13H,3,5,7-9H2,1-2H3,(H,19,20). The summed E-state index contributed by atoms with van der Waals surface area (Å²) >= 11 is 1.61. The fourth-order valence-corrected chi connectivity index (χ4v) is 3.34. The highest BCUT2D eigenvalue weighted by atomic mass is 32.1. The Labute approximate surface area is 129 Å². The smallest absolute Gasteiger partial charge is 0.320 e. The minimum atomic E-state index is -0.824. The van der Waals surface area contributed by atoms with E-state index in [1.54, 1.807) is 28.2 Å². The highest BCUT2D eigenvalue weighted by Crippen LogP contribution is 2.22. The minimum absolute atomic E-state index is 0.0259. The summed E-state index contributed by atoms with van der Waals surface area (Å²) in [6.07, 6.45) is 1.57. The van der Waals surface area contributed by atoms with Gasteiger partial charge < -0.3 is 10.0 Å². The molecular weight excluding hydrogens is 288 g/mol. The van der Waals surface area contributed by atoms with Crippen molar-refractivity contribution in [2.24, 2.45) is 5.92 Å². The van der Waals surface area contributed by atoms with Crippen LogP contribution in [0.4, 0.5) is 0 Å². The first-order valence-electron chi connectivity index (χ1n) is 7.19. The van der Waals surface area contributed by atoms with Crippen molar-refractivity contribution in [2.45, 2.75) is 32.4 Å². The molecule has 0 radical (unpaired) electrons.